The van der Waals surface area contributed by atoms with Gasteiger partial charge in [0.2, 0.25) is 5.91 Å². The van der Waals surface area contributed by atoms with Gasteiger partial charge in [-0.15, -0.1) is 0 Å². The molecule has 2 rings (SSSR count). The highest BCUT2D eigenvalue weighted by molar-refractivity contribution is 5.95. The van der Waals surface area contributed by atoms with Gasteiger partial charge in [-0.3, -0.25) is 4.79 Å². The van der Waals surface area contributed by atoms with Crippen LogP contribution in [-0.2, 0) is 11.0 Å². The number of carbonyl (C=O) groups excluding carboxylic acids is 1. The van der Waals surface area contributed by atoms with Gasteiger partial charge < -0.3 is 4.90 Å². The molecule has 0 aliphatic heterocycles. The molecule has 1 fully saturated rings. The molecule has 0 aromatic heterocycles. The molecule has 1 saturated carbocycles. The number of anilines is 1. The first-order valence-corrected chi connectivity index (χ1v) is 7.22. The number of amides is 1. The third kappa shape index (κ3) is 3.57. The molecule has 1 aromatic carbocycles. The fourth-order valence-corrected chi connectivity index (χ4v) is 2.46. The Kier molecular flexibility index (Phi) is 4.30. The standard InChI is InChI=1S/C16H20F3NO/c1-10(2)15(21)20(11(3)12-7-8-12)14-6-4-5-13(9-14)16(17,18)19/h4-6,9-12H,7-8H2,1-3H3/t11-/m1/s1. The average molecular weight is 299 g/mol. The Hall–Kier alpha value is -1.52. The molecule has 5 heteroatoms. The maximum absolute atomic E-state index is 12.9. The first-order valence-electron chi connectivity index (χ1n) is 7.22. The number of rotatable bonds is 4. The van der Waals surface area contributed by atoms with Crippen LogP contribution in [0.4, 0.5) is 18.9 Å². The second kappa shape index (κ2) is 5.70. The van der Waals surface area contributed by atoms with E-state index in [2.05, 4.69) is 0 Å². The van der Waals surface area contributed by atoms with Gasteiger partial charge in [0.15, 0.2) is 0 Å². The molecular weight excluding hydrogens is 279 g/mol. The van der Waals surface area contributed by atoms with Crippen LogP contribution >= 0.6 is 0 Å². The molecule has 1 aromatic rings. The number of nitrogens with zero attached hydrogens (tertiary/aromatic N) is 1. The van der Waals surface area contributed by atoms with Gasteiger partial charge in [0.05, 0.1) is 5.56 Å². The average Bonchev–Trinajstić information content (AvgIpc) is 3.22. The van der Waals surface area contributed by atoms with E-state index in [4.69, 9.17) is 0 Å². The van der Waals surface area contributed by atoms with Crippen molar-refractivity contribution in [2.45, 2.75) is 45.8 Å². The summed E-state index contributed by atoms with van der Waals surface area (Å²) in [6.07, 6.45) is -2.34. The van der Waals surface area contributed by atoms with Gasteiger partial charge >= 0.3 is 6.18 Å². The summed E-state index contributed by atoms with van der Waals surface area (Å²) in [6.45, 7) is 5.45. The van der Waals surface area contributed by atoms with E-state index < -0.39 is 11.7 Å². The third-order valence-electron chi connectivity index (χ3n) is 3.89. The van der Waals surface area contributed by atoms with Crippen molar-refractivity contribution >= 4 is 11.6 Å². The van der Waals surface area contributed by atoms with Gasteiger partial charge in [0, 0.05) is 17.6 Å². The number of alkyl halides is 3. The Balaban J connectivity index is 2.38. The van der Waals surface area contributed by atoms with Crippen LogP contribution in [0.25, 0.3) is 0 Å². The molecule has 0 radical (unpaired) electrons. The summed E-state index contributed by atoms with van der Waals surface area (Å²) in [4.78, 5) is 14.0. The van der Waals surface area contributed by atoms with E-state index in [0.717, 1.165) is 25.0 Å². The molecule has 116 valence electrons. The van der Waals surface area contributed by atoms with Crippen molar-refractivity contribution in [2.75, 3.05) is 4.90 Å². The largest absolute Gasteiger partial charge is 0.416 e. The molecule has 1 amide bonds. The first-order chi connectivity index (χ1) is 9.71. The smallest absolute Gasteiger partial charge is 0.309 e. The topological polar surface area (TPSA) is 20.3 Å². The first kappa shape index (κ1) is 15.9. The lowest BCUT2D eigenvalue weighted by molar-refractivity contribution is -0.137. The molecule has 0 bridgehead atoms. The maximum atomic E-state index is 12.9. The lowest BCUT2D eigenvalue weighted by Crippen LogP contribution is -2.42. The van der Waals surface area contributed by atoms with Crippen LogP contribution in [0, 0.1) is 11.8 Å². The molecule has 0 N–H and O–H groups in total. The third-order valence-corrected chi connectivity index (χ3v) is 3.89. The molecular formula is C16H20F3NO. The number of carbonyl (C=O) groups is 1. The maximum Gasteiger partial charge on any atom is 0.416 e. The van der Waals surface area contributed by atoms with E-state index in [-0.39, 0.29) is 17.9 Å². The fraction of sp³-hybridized carbons (Fsp3) is 0.562. The van der Waals surface area contributed by atoms with Crippen molar-refractivity contribution in [2.24, 2.45) is 11.8 Å². The molecule has 0 spiro atoms. The minimum Gasteiger partial charge on any atom is -0.309 e. The van der Waals surface area contributed by atoms with Gasteiger partial charge in [-0.25, -0.2) is 0 Å². The number of hydrogen-bond acceptors (Lipinski definition) is 1. The van der Waals surface area contributed by atoms with E-state index in [1.165, 1.54) is 11.0 Å². The SMILES string of the molecule is CC(C)C(=O)N(c1cccc(C(F)(F)F)c1)[C@H](C)C1CC1. The van der Waals surface area contributed by atoms with E-state index >= 15 is 0 Å². The summed E-state index contributed by atoms with van der Waals surface area (Å²) in [5.74, 6) is 0.0108. The molecule has 0 heterocycles. The van der Waals surface area contributed by atoms with Crippen LogP contribution in [-0.4, -0.2) is 11.9 Å². The Labute approximate surface area is 122 Å². The molecule has 1 aliphatic rings. The highest BCUT2D eigenvalue weighted by atomic mass is 19.4. The Morgan fingerprint density at radius 1 is 1.24 bits per heavy atom. The van der Waals surface area contributed by atoms with Crippen LogP contribution in [0.1, 0.15) is 39.2 Å². The van der Waals surface area contributed by atoms with Gasteiger partial charge in [-0.2, -0.15) is 13.2 Å². The zero-order valence-electron chi connectivity index (χ0n) is 12.4. The zero-order chi connectivity index (χ0) is 15.8. The predicted molar refractivity (Wildman–Crippen MR) is 76.0 cm³/mol. The van der Waals surface area contributed by atoms with Crippen molar-refractivity contribution < 1.29 is 18.0 Å². The van der Waals surface area contributed by atoms with E-state index in [1.807, 2.05) is 6.92 Å². The summed E-state index contributed by atoms with van der Waals surface area (Å²) in [7, 11) is 0. The van der Waals surface area contributed by atoms with Gasteiger partial charge in [-0.05, 0) is 43.9 Å². The Bertz CT molecular complexity index is 520. The minimum atomic E-state index is -4.40. The van der Waals surface area contributed by atoms with E-state index in [0.29, 0.717) is 11.6 Å². The van der Waals surface area contributed by atoms with Crippen LogP contribution in [0.5, 0.6) is 0 Å². The van der Waals surface area contributed by atoms with Gasteiger partial charge in [0.25, 0.3) is 0 Å². The van der Waals surface area contributed by atoms with Crippen molar-refractivity contribution in [3.8, 4) is 0 Å². The van der Waals surface area contributed by atoms with Crippen LogP contribution < -0.4 is 4.90 Å². The Morgan fingerprint density at radius 3 is 2.33 bits per heavy atom. The Morgan fingerprint density at radius 2 is 1.86 bits per heavy atom. The second-order valence-electron chi connectivity index (χ2n) is 5.99. The lowest BCUT2D eigenvalue weighted by atomic mass is 10.1. The molecule has 21 heavy (non-hydrogen) atoms. The van der Waals surface area contributed by atoms with Crippen molar-refractivity contribution in [3.05, 3.63) is 29.8 Å². The van der Waals surface area contributed by atoms with Crippen molar-refractivity contribution in [1.82, 2.24) is 0 Å². The number of benzene rings is 1. The lowest BCUT2D eigenvalue weighted by Gasteiger charge is -2.31. The van der Waals surface area contributed by atoms with Crippen molar-refractivity contribution in [3.63, 3.8) is 0 Å². The normalized spacial score (nSPS) is 16.9. The number of hydrogen-bond donors (Lipinski definition) is 0. The van der Waals surface area contributed by atoms with E-state index in [1.54, 1.807) is 19.9 Å². The minimum absolute atomic E-state index is 0.0663. The van der Waals surface area contributed by atoms with Crippen LogP contribution in [0.3, 0.4) is 0 Å². The predicted octanol–water partition coefficient (Wildman–Crippen LogP) is 4.49. The molecule has 0 saturated heterocycles. The second-order valence-corrected chi connectivity index (χ2v) is 5.99. The fourth-order valence-electron chi connectivity index (χ4n) is 2.46. The van der Waals surface area contributed by atoms with E-state index in [9.17, 15) is 18.0 Å². The van der Waals surface area contributed by atoms with Crippen LogP contribution in [0.15, 0.2) is 24.3 Å². The summed E-state index contributed by atoms with van der Waals surface area (Å²) >= 11 is 0. The van der Waals surface area contributed by atoms with Crippen LogP contribution in [0.2, 0.25) is 0 Å². The molecule has 1 atom stereocenters. The molecule has 0 unspecified atom stereocenters. The quantitative estimate of drug-likeness (QED) is 0.802. The summed E-state index contributed by atoms with van der Waals surface area (Å²) in [5, 5.41) is 0. The summed E-state index contributed by atoms with van der Waals surface area (Å²) in [5.41, 5.74) is -0.382. The monoisotopic (exact) mass is 299 g/mol. The summed E-state index contributed by atoms with van der Waals surface area (Å²) in [6, 6.07) is 4.97. The molecule has 1 aliphatic carbocycles. The van der Waals surface area contributed by atoms with Gasteiger partial charge in [0.1, 0.15) is 0 Å². The highest BCUT2D eigenvalue weighted by Gasteiger charge is 2.37. The molecule has 2 nitrogen and oxygen atoms in total. The zero-order valence-corrected chi connectivity index (χ0v) is 12.4. The number of halogens is 3. The van der Waals surface area contributed by atoms with Crippen molar-refractivity contribution in [1.29, 1.82) is 0 Å². The van der Waals surface area contributed by atoms with Gasteiger partial charge in [-0.1, -0.05) is 19.9 Å². The highest BCUT2D eigenvalue weighted by Crippen LogP contribution is 2.39. The summed E-state index contributed by atoms with van der Waals surface area (Å²) < 4.78 is 38.6.